The van der Waals surface area contributed by atoms with Crippen LogP contribution in [-0.4, -0.2) is 27.7 Å². The highest BCUT2D eigenvalue weighted by atomic mass is 32.1. The molecule has 0 amide bonds. The second kappa shape index (κ2) is 8.87. The minimum Gasteiger partial charge on any atom is -0.495 e. The number of benzene rings is 2. The number of para-hydroxylation sites is 3. The molecule has 0 radical (unpaired) electrons. The Kier molecular flexibility index (Phi) is 6.05. The number of hydrogen-bond donors (Lipinski definition) is 1. The molecule has 1 saturated carbocycles. The van der Waals surface area contributed by atoms with Crippen molar-refractivity contribution in [3.05, 3.63) is 60.3 Å². The standard InChI is InChI=1S/C24H29N3OS/c1-26-16-18(20-12-6-8-14-22(20)26)17-27(19-10-4-3-5-11-19)24(29)25-21-13-7-9-15-23(21)28-2/h6-9,12-16,19H,3-5,10-11,17H2,1-2H3,(H,25,29). The molecule has 1 aliphatic carbocycles. The first-order valence-corrected chi connectivity index (χ1v) is 10.8. The fourth-order valence-corrected chi connectivity index (χ4v) is 4.75. The van der Waals surface area contributed by atoms with E-state index in [9.17, 15) is 0 Å². The summed E-state index contributed by atoms with van der Waals surface area (Å²) in [5, 5.41) is 5.53. The Labute approximate surface area is 178 Å². The highest BCUT2D eigenvalue weighted by Crippen LogP contribution is 2.29. The molecule has 1 fully saturated rings. The van der Waals surface area contributed by atoms with Crippen molar-refractivity contribution in [1.29, 1.82) is 0 Å². The number of fused-ring (bicyclic) bond motifs is 1. The maximum absolute atomic E-state index is 5.93. The Morgan fingerprint density at radius 1 is 1.10 bits per heavy atom. The highest BCUT2D eigenvalue weighted by molar-refractivity contribution is 7.80. The number of anilines is 1. The molecule has 1 aromatic heterocycles. The van der Waals surface area contributed by atoms with Gasteiger partial charge in [-0.25, -0.2) is 0 Å². The number of thiocarbonyl (C=S) groups is 1. The van der Waals surface area contributed by atoms with Crippen molar-refractivity contribution < 1.29 is 4.74 Å². The first kappa shape index (κ1) is 19.8. The second-order valence-electron chi connectivity index (χ2n) is 7.83. The van der Waals surface area contributed by atoms with Crippen molar-refractivity contribution >= 4 is 33.9 Å². The normalized spacial score (nSPS) is 14.7. The van der Waals surface area contributed by atoms with Gasteiger partial charge < -0.3 is 19.5 Å². The minimum absolute atomic E-state index is 0.470. The first-order chi connectivity index (χ1) is 14.2. The molecule has 0 aliphatic heterocycles. The van der Waals surface area contributed by atoms with E-state index < -0.39 is 0 Å². The smallest absolute Gasteiger partial charge is 0.174 e. The molecule has 5 heteroatoms. The SMILES string of the molecule is COc1ccccc1NC(=S)N(Cc1cn(C)c2ccccc12)C1CCCCC1. The topological polar surface area (TPSA) is 29.4 Å². The number of nitrogens with zero attached hydrogens (tertiary/aromatic N) is 2. The summed E-state index contributed by atoms with van der Waals surface area (Å²) in [4.78, 5) is 2.39. The number of ether oxygens (including phenoxy) is 1. The van der Waals surface area contributed by atoms with Crippen LogP contribution in [0, 0.1) is 0 Å². The second-order valence-corrected chi connectivity index (χ2v) is 8.22. The average Bonchev–Trinajstić information content (AvgIpc) is 3.08. The van der Waals surface area contributed by atoms with Gasteiger partial charge in [-0.2, -0.15) is 0 Å². The van der Waals surface area contributed by atoms with E-state index in [1.165, 1.54) is 48.6 Å². The lowest BCUT2D eigenvalue weighted by atomic mass is 9.94. The van der Waals surface area contributed by atoms with E-state index in [1.54, 1.807) is 7.11 Å². The van der Waals surface area contributed by atoms with Crippen LogP contribution >= 0.6 is 12.2 Å². The molecule has 29 heavy (non-hydrogen) atoms. The van der Waals surface area contributed by atoms with Gasteiger partial charge in [0.1, 0.15) is 5.75 Å². The van der Waals surface area contributed by atoms with Crippen LogP contribution in [0.4, 0.5) is 5.69 Å². The van der Waals surface area contributed by atoms with Gasteiger partial charge in [0.25, 0.3) is 0 Å². The lowest BCUT2D eigenvalue weighted by Gasteiger charge is -2.36. The number of aromatic nitrogens is 1. The molecule has 1 N–H and O–H groups in total. The fraction of sp³-hybridized carbons (Fsp3) is 0.375. The predicted molar refractivity (Wildman–Crippen MR) is 125 cm³/mol. The number of methoxy groups -OCH3 is 1. The molecule has 1 heterocycles. The molecule has 1 aliphatic rings. The van der Waals surface area contributed by atoms with Gasteiger partial charge >= 0.3 is 0 Å². The van der Waals surface area contributed by atoms with E-state index in [4.69, 9.17) is 17.0 Å². The van der Waals surface area contributed by atoms with E-state index in [1.807, 2.05) is 24.3 Å². The lowest BCUT2D eigenvalue weighted by Crippen LogP contribution is -2.43. The van der Waals surface area contributed by atoms with E-state index in [0.29, 0.717) is 6.04 Å². The summed E-state index contributed by atoms with van der Waals surface area (Å²) in [6.07, 6.45) is 8.50. The zero-order valence-electron chi connectivity index (χ0n) is 17.2. The Morgan fingerprint density at radius 3 is 2.62 bits per heavy atom. The molecular formula is C24H29N3OS. The van der Waals surface area contributed by atoms with Crippen LogP contribution in [0.5, 0.6) is 5.75 Å². The van der Waals surface area contributed by atoms with Crippen molar-refractivity contribution in [2.45, 2.75) is 44.7 Å². The van der Waals surface area contributed by atoms with Crippen LogP contribution in [-0.2, 0) is 13.6 Å². The van der Waals surface area contributed by atoms with Crippen molar-refractivity contribution in [3.63, 3.8) is 0 Å². The third kappa shape index (κ3) is 4.25. The molecule has 4 rings (SSSR count). The van der Waals surface area contributed by atoms with Crippen molar-refractivity contribution in [1.82, 2.24) is 9.47 Å². The third-order valence-electron chi connectivity index (χ3n) is 5.95. The van der Waals surface area contributed by atoms with Crippen LogP contribution in [0.1, 0.15) is 37.7 Å². The molecule has 152 valence electrons. The van der Waals surface area contributed by atoms with Gasteiger partial charge in [-0.1, -0.05) is 49.6 Å². The summed E-state index contributed by atoms with van der Waals surface area (Å²) in [6, 6.07) is 17.0. The molecule has 2 aromatic carbocycles. The maximum Gasteiger partial charge on any atom is 0.174 e. The molecule has 0 saturated heterocycles. The molecule has 0 unspecified atom stereocenters. The largest absolute Gasteiger partial charge is 0.495 e. The first-order valence-electron chi connectivity index (χ1n) is 10.4. The summed E-state index contributed by atoms with van der Waals surface area (Å²) >= 11 is 5.93. The minimum atomic E-state index is 0.470. The predicted octanol–water partition coefficient (Wildman–Crippen LogP) is 5.72. The van der Waals surface area contributed by atoms with Crippen molar-refractivity contribution in [2.24, 2.45) is 7.05 Å². The number of hydrogen-bond acceptors (Lipinski definition) is 2. The van der Waals surface area contributed by atoms with Gasteiger partial charge in [0.2, 0.25) is 0 Å². The Balaban J connectivity index is 1.63. The maximum atomic E-state index is 5.93. The summed E-state index contributed by atoms with van der Waals surface area (Å²) in [5.74, 6) is 0.809. The van der Waals surface area contributed by atoms with Crippen LogP contribution in [0.25, 0.3) is 10.9 Å². The number of nitrogens with one attached hydrogen (secondary N) is 1. The Morgan fingerprint density at radius 2 is 1.83 bits per heavy atom. The molecule has 3 aromatic rings. The summed E-state index contributed by atoms with van der Waals surface area (Å²) < 4.78 is 7.72. The zero-order chi connectivity index (χ0) is 20.2. The van der Waals surface area contributed by atoms with Gasteiger partial charge in [0.05, 0.1) is 12.8 Å². The van der Waals surface area contributed by atoms with Crippen molar-refractivity contribution in [3.8, 4) is 5.75 Å². The van der Waals surface area contributed by atoms with E-state index >= 15 is 0 Å². The van der Waals surface area contributed by atoms with Gasteiger partial charge in [-0.05, 0) is 48.8 Å². The molecule has 0 atom stereocenters. The number of aryl methyl sites for hydroxylation is 1. The van der Waals surface area contributed by atoms with Crippen LogP contribution in [0.3, 0.4) is 0 Å². The van der Waals surface area contributed by atoms with Gasteiger partial charge in [0.15, 0.2) is 5.11 Å². The summed E-state index contributed by atoms with van der Waals surface area (Å²) in [6.45, 7) is 0.813. The van der Waals surface area contributed by atoms with Gasteiger partial charge in [0, 0.05) is 36.7 Å². The van der Waals surface area contributed by atoms with Crippen LogP contribution in [0.2, 0.25) is 0 Å². The molecule has 0 spiro atoms. The Bertz CT molecular complexity index is 991. The van der Waals surface area contributed by atoms with Crippen LogP contribution < -0.4 is 10.1 Å². The summed E-state index contributed by atoms with van der Waals surface area (Å²) in [5.41, 5.74) is 3.49. The number of rotatable bonds is 5. The lowest BCUT2D eigenvalue weighted by molar-refractivity contribution is 0.241. The molecule has 4 nitrogen and oxygen atoms in total. The quantitative estimate of drug-likeness (QED) is 0.548. The van der Waals surface area contributed by atoms with E-state index in [2.05, 4.69) is 52.3 Å². The monoisotopic (exact) mass is 407 g/mol. The van der Waals surface area contributed by atoms with E-state index in [-0.39, 0.29) is 0 Å². The van der Waals surface area contributed by atoms with E-state index in [0.717, 1.165) is 23.1 Å². The zero-order valence-corrected chi connectivity index (χ0v) is 18.0. The van der Waals surface area contributed by atoms with Crippen molar-refractivity contribution in [2.75, 3.05) is 12.4 Å². The highest BCUT2D eigenvalue weighted by Gasteiger charge is 2.25. The molecule has 0 bridgehead atoms. The van der Waals surface area contributed by atoms with Gasteiger partial charge in [-0.3, -0.25) is 0 Å². The molecular weight excluding hydrogens is 378 g/mol. The Hall–Kier alpha value is -2.53. The summed E-state index contributed by atoms with van der Waals surface area (Å²) in [7, 11) is 3.81. The van der Waals surface area contributed by atoms with Crippen LogP contribution in [0.15, 0.2) is 54.7 Å². The fourth-order valence-electron chi connectivity index (χ4n) is 4.43. The van der Waals surface area contributed by atoms with Gasteiger partial charge in [-0.15, -0.1) is 0 Å². The average molecular weight is 408 g/mol. The third-order valence-corrected chi connectivity index (χ3v) is 6.28.